The number of rotatable bonds is 6. The van der Waals surface area contributed by atoms with Crippen LogP contribution in [0.1, 0.15) is 17.5 Å². The molecule has 1 heterocycles. The largest absolute Gasteiger partial charge is 0.496 e. The Kier molecular flexibility index (Phi) is 4.76. The standard InChI is InChI=1S/C12H16N4O3S2/c1-3-11-14-15-12(20-11)16-21(17,18)9-4-5-10(19-2)8(6-9)7-13/h4-6H,3,7,13H2,1-2H3,(H,15,16). The molecule has 1 aromatic carbocycles. The zero-order valence-electron chi connectivity index (χ0n) is 11.7. The summed E-state index contributed by atoms with van der Waals surface area (Å²) in [5.41, 5.74) is 6.21. The summed E-state index contributed by atoms with van der Waals surface area (Å²) in [5.74, 6) is 0.556. The van der Waals surface area contributed by atoms with E-state index in [0.717, 1.165) is 5.01 Å². The third kappa shape index (κ3) is 3.49. The smallest absolute Gasteiger partial charge is 0.263 e. The van der Waals surface area contributed by atoms with E-state index < -0.39 is 10.0 Å². The Morgan fingerprint density at radius 2 is 2.14 bits per heavy atom. The second-order valence-corrected chi connectivity index (χ2v) is 6.88. The summed E-state index contributed by atoms with van der Waals surface area (Å²) >= 11 is 1.21. The molecule has 0 spiro atoms. The molecule has 9 heteroatoms. The van der Waals surface area contributed by atoms with Gasteiger partial charge in [0.15, 0.2) is 0 Å². The number of anilines is 1. The fourth-order valence-electron chi connectivity index (χ4n) is 1.69. The normalized spacial score (nSPS) is 11.4. The van der Waals surface area contributed by atoms with Crippen LogP contribution in [0.3, 0.4) is 0 Å². The van der Waals surface area contributed by atoms with Crippen molar-refractivity contribution in [2.24, 2.45) is 5.73 Å². The number of nitrogens with two attached hydrogens (primary N) is 1. The van der Waals surface area contributed by atoms with Crippen LogP contribution in [0.25, 0.3) is 0 Å². The van der Waals surface area contributed by atoms with E-state index in [1.807, 2.05) is 6.92 Å². The number of sulfonamides is 1. The number of hydrogen-bond acceptors (Lipinski definition) is 7. The number of ether oxygens (including phenoxy) is 1. The molecule has 0 saturated carbocycles. The van der Waals surface area contributed by atoms with Gasteiger partial charge in [-0.3, -0.25) is 4.72 Å². The molecule has 0 amide bonds. The van der Waals surface area contributed by atoms with Crippen molar-refractivity contribution in [1.82, 2.24) is 10.2 Å². The minimum Gasteiger partial charge on any atom is -0.496 e. The Morgan fingerprint density at radius 3 is 2.71 bits per heavy atom. The summed E-state index contributed by atoms with van der Waals surface area (Å²) < 4.78 is 32.2. The third-order valence-electron chi connectivity index (χ3n) is 2.77. The zero-order chi connectivity index (χ0) is 15.5. The number of nitrogens with zero attached hydrogens (tertiary/aromatic N) is 2. The van der Waals surface area contributed by atoms with Crippen LogP contribution in [0.15, 0.2) is 23.1 Å². The topological polar surface area (TPSA) is 107 Å². The molecule has 2 rings (SSSR count). The lowest BCUT2D eigenvalue weighted by molar-refractivity contribution is 0.409. The number of aromatic nitrogens is 2. The number of hydrogen-bond donors (Lipinski definition) is 2. The molecule has 0 fully saturated rings. The summed E-state index contributed by atoms with van der Waals surface area (Å²) in [6, 6.07) is 4.53. The van der Waals surface area contributed by atoms with E-state index in [-0.39, 0.29) is 16.6 Å². The molecular weight excluding hydrogens is 312 g/mol. The van der Waals surface area contributed by atoms with Crippen LogP contribution < -0.4 is 15.2 Å². The Bertz CT molecular complexity index is 728. The maximum Gasteiger partial charge on any atom is 0.263 e. The van der Waals surface area contributed by atoms with Gasteiger partial charge in [-0.05, 0) is 24.6 Å². The van der Waals surface area contributed by atoms with Gasteiger partial charge in [0.1, 0.15) is 10.8 Å². The van der Waals surface area contributed by atoms with E-state index >= 15 is 0 Å². The molecule has 0 bridgehead atoms. The minimum atomic E-state index is -3.72. The van der Waals surface area contributed by atoms with Gasteiger partial charge in [0.05, 0.1) is 12.0 Å². The molecule has 0 aliphatic heterocycles. The average Bonchev–Trinajstić information content (AvgIpc) is 2.93. The highest BCUT2D eigenvalue weighted by atomic mass is 32.2. The van der Waals surface area contributed by atoms with Crippen LogP contribution in [0.4, 0.5) is 5.13 Å². The predicted octanol–water partition coefficient (Wildman–Crippen LogP) is 1.37. The first-order chi connectivity index (χ1) is 10.00. The molecule has 0 radical (unpaired) electrons. The first-order valence-electron chi connectivity index (χ1n) is 6.22. The highest BCUT2D eigenvalue weighted by molar-refractivity contribution is 7.93. The highest BCUT2D eigenvalue weighted by Gasteiger charge is 2.18. The van der Waals surface area contributed by atoms with Gasteiger partial charge in [0, 0.05) is 12.1 Å². The Balaban J connectivity index is 2.30. The van der Waals surface area contributed by atoms with Crippen molar-refractivity contribution in [2.45, 2.75) is 24.8 Å². The van der Waals surface area contributed by atoms with Crippen LogP contribution in [0, 0.1) is 0 Å². The van der Waals surface area contributed by atoms with Gasteiger partial charge in [0.2, 0.25) is 5.13 Å². The number of nitrogens with one attached hydrogen (secondary N) is 1. The van der Waals surface area contributed by atoms with Gasteiger partial charge >= 0.3 is 0 Å². The van der Waals surface area contributed by atoms with E-state index in [4.69, 9.17) is 10.5 Å². The quantitative estimate of drug-likeness (QED) is 0.829. The van der Waals surface area contributed by atoms with Gasteiger partial charge in [-0.2, -0.15) is 0 Å². The lowest BCUT2D eigenvalue weighted by Crippen LogP contribution is -2.13. The maximum absolute atomic E-state index is 12.3. The lowest BCUT2D eigenvalue weighted by atomic mass is 10.2. The molecule has 0 unspecified atom stereocenters. The van der Waals surface area contributed by atoms with Crippen molar-refractivity contribution in [3.63, 3.8) is 0 Å². The monoisotopic (exact) mass is 328 g/mol. The van der Waals surface area contributed by atoms with Gasteiger partial charge < -0.3 is 10.5 Å². The van der Waals surface area contributed by atoms with E-state index in [0.29, 0.717) is 17.7 Å². The Morgan fingerprint density at radius 1 is 1.38 bits per heavy atom. The molecule has 0 aliphatic rings. The predicted molar refractivity (Wildman–Crippen MR) is 81.0 cm³/mol. The van der Waals surface area contributed by atoms with E-state index in [1.54, 1.807) is 6.07 Å². The fraction of sp³-hybridized carbons (Fsp3) is 0.333. The molecule has 7 nitrogen and oxygen atoms in total. The van der Waals surface area contributed by atoms with Gasteiger partial charge in [0.25, 0.3) is 10.0 Å². The van der Waals surface area contributed by atoms with Crippen molar-refractivity contribution in [2.75, 3.05) is 11.8 Å². The summed E-state index contributed by atoms with van der Waals surface area (Å²) in [6.45, 7) is 2.11. The molecular formula is C12H16N4O3S2. The van der Waals surface area contributed by atoms with Crippen molar-refractivity contribution in [3.8, 4) is 5.75 Å². The summed E-state index contributed by atoms with van der Waals surface area (Å²) in [7, 11) is -2.21. The Hall–Kier alpha value is -1.71. The molecule has 2 aromatic rings. The first kappa shape index (κ1) is 15.7. The summed E-state index contributed by atoms with van der Waals surface area (Å²) in [4.78, 5) is 0.108. The number of benzene rings is 1. The van der Waals surface area contributed by atoms with E-state index in [9.17, 15) is 8.42 Å². The van der Waals surface area contributed by atoms with E-state index in [2.05, 4.69) is 14.9 Å². The molecule has 21 heavy (non-hydrogen) atoms. The molecule has 114 valence electrons. The molecule has 0 atom stereocenters. The molecule has 3 N–H and O–H groups in total. The third-order valence-corrected chi connectivity index (χ3v) is 5.22. The van der Waals surface area contributed by atoms with Crippen LogP contribution in [-0.2, 0) is 23.0 Å². The van der Waals surface area contributed by atoms with Crippen molar-refractivity contribution < 1.29 is 13.2 Å². The fourth-order valence-corrected chi connectivity index (χ4v) is 3.65. The molecule has 0 saturated heterocycles. The highest BCUT2D eigenvalue weighted by Crippen LogP contribution is 2.24. The maximum atomic E-state index is 12.3. The SMILES string of the molecule is CCc1nnc(NS(=O)(=O)c2ccc(OC)c(CN)c2)s1. The second kappa shape index (κ2) is 6.37. The van der Waals surface area contributed by atoms with Crippen molar-refractivity contribution in [3.05, 3.63) is 28.8 Å². The summed E-state index contributed by atoms with van der Waals surface area (Å²) in [5, 5.41) is 8.69. The van der Waals surface area contributed by atoms with Crippen molar-refractivity contribution >= 4 is 26.5 Å². The van der Waals surface area contributed by atoms with Crippen LogP contribution in [0.2, 0.25) is 0 Å². The van der Waals surface area contributed by atoms with Crippen LogP contribution in [-0.4, -0.2) is 25.7 Å². The average molecular weight is 328 g/mol. The second-order valence-electron chi connectivity index (χ2n) is 4.14. The molecule has 0 aliphatic carbocycles. The Labute approximate surface area is 127 Å². The lowest BCUT2D eigenvalue weighted by Gasteiger charge is -2.10. The van der Waals surface area contributed by atoms with Crippen LogP contribution >= 0.6 is 11.3 Å². The molecule has 1 aromatic heterocycles. The zero-order valence-corrected chi connectivity index (χ0v) is 13.3. The van der Waals surface area contributed by atoms with Crippen molar-refractivity contribution in [1.29, 1.82) is 0 Å². The number of aryl methyl sites for hydroxylation is 1. The minimum absolute atomic E-state index is 0.108. The van der Waals surface area contributed by atoms with Gasteiger partial charge in [-0.1, -0.05) is 18.3 Å². The summed E-state index contributed by atoms with van der Waals surface area (Å²) in [6.07, 6.45) is 0.708. The van der Waals surface area contributed by atoms with Gasteiger partial charge in [-0.15, -0.1) is 10.2 Å². The van der Waals surface area contributed by atoms with Gasteiger partial charge in [-0.25, -0.2) is 8.42 Å². The van der Waals surface area contributed by atoms with Crippen LogP contribution in [0.5, 0.6) is 5.75 Å². The first-order valence-corrected chi connectivity index (χ1v) is 8.52. The van der Waals surface area contributed by atoms with E-state index in [1.165, 1.54) is 30.6 Å². The number of methoxy groups -OCH3 is 1.